The lowest BCUT2D eigenvalue weighted by Crippen LogP contribution is -2.06. The van der Waals surface area contributed by atoms with Gasteiger partial charge in [0.15, 0.2) is 11.6 Å². The van der Waals surface area contributed by atoms with Crippen LogP contribution >= 0.6 is 0 Å². The van der Waals surface area contributed by atoms with Gasteiger partial charge < -0.3 is 10.5 Å². The number of hydrogen-bond acceptors (Lipinski definition) is 2. The van der Waals surface area contributed by atoms with Crippen molar-refractivity contribution in [3.05, 3.63) is 29.6 Å². The van der Waals surface area contributed by atoms with Crippen molar-refractivity contribution >= 4 is 0 Å². The zero-order valence-electron chi connectivity index (χ0n) is 9.59. The van der Waals surface area contributed by atoms with E-state index in [0.29, 0.717) is 13.0 Å². The van der Waals surface area contributed by atoms with Gasteiger partial charge in [-0.05, 0) is 31.5 Å². The Morgan fingerprint density at radius 3 is 2.81 bits per heavy atom. The highest BCUT2D eigenvalue weighted by Gasteiger charge is 2.06. The van der Waals surface area contributed by atoms with Crippen molar-refractivity contribution in [3.8, 4) is 17.6 Å². The van der Waals surface area contributed by atoms with E-state index in [1.54, 1.807) is 19.1 Å². The minimum Gasteiger partial charge on any atom is -0.490 e. The van der Waals surface area contributed by atoms with Gasteiger partial charge in [0.1, 0.15) is 0 Å². The summed E-state index contributed by atoms with van der Waals surface area (Å²) in [6.45, 7) is 3.97. The summed E-state index contributed by atoms with van der Waals surface area (Å²) in [4.78, 5) is 0. The fourth-order valence-corrected chi connectivity index (χ4v) is 1.25. The summed E-state index contributed by atoms with van der Waals surface area (Å²) in [5.41, 5.74) is 6.41. The second-order valence-corrected chi connectivity index (χ2v) is 3.50. The van der Waals surface area contributed by atoms with E-state index in [1.807, 2.05) is 6.92 Å². The van der Waals surface area contributed by atoms with Gasteiger partial charge in [-0.1, -0.05) is 6.07 Å². The summed E-state index contributed by atoms with van der Waals surface area (Å²) in [6.07, 6.45) is 0.602. The molecule has 86 valence electrons. The molecule has 0 radical (unpaired) electrons. The summed E-state index contributed by atoms with van der Waals surface area (Å²) < 4.78 is 18.8. The highest BCUT2D eigenvalue weighted by Crippen LogP contribution is 2.21. The molecular weight excluding hydrogens is 205 g/mol. The second-order valence-electron chi connectivity index (χ2n) is 3.50. The molecule has 2 nitrogen and oxygen atoms in total. The Balaban J connectivity index is 2.63. The highest BCUT2D eigenvalue weighted by atomic mass is 19.1. The first kappa shape index (κ1) is 12.5. The lowest BCUT2D eigenvalue weighted by Gasteiger charge is -2.09. The van der Waals surface area contributed by atoms with Gasteiger partial charge in [-0.2, -0.15) is 0 Å². The average molecular weight is 221 g/mol. The third kappa shape index (κ3) is 3.56. The van der Waals surface area contributed by atoms with Crippen LogP contribution in [0.4, 0.5) is 4.39 Å². The molecule has 1 aromatic rings. The molecule has 1 aromatic carbocycles. The molecule has 0 spiro atoms. The molecule has 16 heavy (non-hydrogen) atoms. The topological polar surface area (TPSA) is 35.2 Å². The molecule has 0 saturated carbocycles. The number of halogens is 1. The van der Waals surface area contributed by atoms with Crippen molar-refractivity contribution in [2.75, 3.05) is 6.61 Å². The molecule has 0 unspecified atom stereocenters. The molecule has 1 atom stereocenters. The van der Waals surface area contributed by atoms with Gasteiger partial charge in [-0.15, -0.1) is 11.8 Å². The van der Waals surface area contributed by atoms with Crippen LogP contribution in [0.2, 0.25) is 0 Å². The van der Waals surface area contributed by atoms with E-state index in [1.165, 1.54) is 6.07 Å². The number of benzene rings is 1. The van der Waals surface area contributed by atoms with Gasteiger partial charge >= 0.3 is 0 Å². The first-order valence-corrected chi connectivity index (χ1v) is 5.22. The summed E-state index contributed by atoms with van der Waals surface area (Å²) >= 11 is 0. The van der Waals surface area contributed by atoms with Crippen LogP contribution in [0.1, 0.15) is 31.9 Å². The number of rotatable bonds is 4. The zero-order chi connectivity index (χ0) is 12.0. The van der Waals surface area contributed by atoms with Crippen LogP contribution < -0.4 is 10.5 Å². The molecular formula is C13H16FNO. The molecule has 0 aliphatic rings. The smallest absolute Gasteiger partial charge is 0.165 e. The van der Waals surface area contributed by atoms with E-state index in [-0.39, 0.29) is 17.6 Å². The zero-order valence-corrected chi connectivity index (χ0v) is 9.59. The van der Waals surface area contributed by atoms with E-state index in [2.05, 4.69) is 11.8 Å². The maximum absolute atomic E-state index is 13.5. The normalized spacial score (nSPS) is 11.5. The van der Waals surface area contributed by atoms with Gasteiger partial charge in [-0.25, -0.2) is 4.39 Å². The average Bonchev–Trinajstić information content (AvgIpc) is 2.26. The van der Waals surface area contributed by atoms with Crippen molar-refractivity contribution in [1.82, 2.24) is 0 Å². The van der Waals surface area contributed by atoms with Crippen LogP contribution in [-0.4, -0.2) is 6.61 Å². The Morgan fingerprint density at radius 1 is 1.50 bits per heavy atom. The van der Waals surface area contributed by atoms with E-state index in [4.69, 9.17) is 10.5 Å². The van der Waals surface area contributed by atoms with E-state index < -0.39 is 0 Å². The van der Waals surface area contributed by atoms with E-state index in [9.17, 15) is 4.39 Å². The lowest BCUT2D eigenvalue weighted by molar-refractivity contribution is 0.309. The summed E-state index contributed by atoms with van der Waals surface area (Å²) in [6, 6.07) is 4.61. The van der Waals surface area contributed by atoms with Crippen LogP contribution in [0.15, 0.2) is 18.2 Å². The van der Waals surface area contributed by atoms with Crippen molar-refractivity contribution in [1.29, 1.82) is 0 Å². The quantitative estimate of drug-likeness (QED) is 0.626. The Hall–Kier alpha value is -1.53. The van der Waals surface area contributed by atoms with Gasteiger partial charge in [-0.3, -0.25) is 0 Å². The maximum Gasteiger partial charge on any atom is 0.165 e. The third-order valence-corrected chi connectivity index (χ3v) is 2.14. The molecule has 0 aromatic heterocycles. The lowest BCUT2D eigenvalue weighted by atomic mass is 10.1. The maximum atomic E-state index is 13.5. The second kappa shape index (κ2) is 6.14. The van der Waals surface area contributed by atoms with Crippen molar-refractivity contribution in [2.24, 2.45) is 5.73 Å². The molecule has 0 bridgehead atoms. The predicted octanol–water partition coefficient (Wildman–Crippen LogP) is 2.64. The third-order valence-electron chi connectivity index (χ3n) is 2.14. The van der Waals surface area contributed by atoms with E-state index >= 15 is 0 Å². The number of nitrogens with two attached hydrogens (primary N) is 1. The van der Waals surface area contributed by atoms with Crippen LogP contribution in [-0.2, 0) is 0 Å². The molecule has 2 N–H and O–H groups in total. The van der Waals surface area contributed by atoms with Gasteiger partial charge in [0.25, 0.3) is 0 Å². The molecule has 0 saturated heterocycles. The van der Waals surface area contributed by atoms with Crippen molar-refractivity contribution in [2.45, 2.75) is 26.3 Å². The predicted molar refractivity (Wildman–Crippen MR) is 62.6 cm³/mol. The van der Waals surface area contributed by atoms with E-state index in [0.717, 1.165) is 5.56 Å². The Labute approximate surface area is 95.6 Å². The van der Waals surface area contributed by atoms with Gasteiger partial charge in [0, 0.05) is 12.5 Å². The Morgan fingerprint density at radius 2 is 2.25 bits per heavy atom. The largest absolute Gasteiger partial charge is 0.490 e. The fraction of sp³-hybridized carbons (Fsp3) is 0.385. The Bertz CT molecular complexity index is 404. The highest BCUT2D eigenvalue weighted by molar-refractivity contribution is 5.30. The molecule has 0 fully saturated rings. The van der Waals surface area contributed by atoms with Crippen LogP contribution in [0.5, 0.6) is 5.75 Å². The molecule has 3 heteroatoms. The molecule has 0 heterocycles. The van der Waals surface area contributed by atoms with Gasteiger partial charge in [0.05, 0.1) is 6.61 Å². The van der Waals surface area contributed by atoms with Crippen molar-refractivity contribution < 1.29 is 9.13 Å². The first-order chi connectivity index (χ1) is 7.65. The molecule has 1 rings (SSSR count). The van der Waals surface area contributed by atoms with Crippen LogP contribution in [0.25, 0.3) is 0 Å². The monoisotopic (exact) mass is 221 g/mol. The number of ether oxygens (including phenoxy) is 1. The molecule has 0 amide bonds. The first-order valence-electron chi connectivity index (χ1n) is 5.22. The Kier molecular flexibility index (Phi) is 4.81. The molecule has 0 aliphatic carbocycles. The van der Waals surface area contributed by atoms with Crippen molar-refractivity contribution in [3.63, 3.8) is 0 Å². The standard InChI is InChI=1S/C13H16FNO/c1-3-4-5-8-16-13-7-6-11(10(2)15)9-12(13)14/h6-7,9-10H,5,8,15H2,1-2H3/t10-/m0/s1. The molecule has 0 aliphatic heterocycles. The van der Waals surface area contributed by atoms with Crippen LogP contribution in [0, 0.1) is 17.7 Å². The SMILES string of the molecule is CC#CCCOc1ccc([C@H](C)N)cc1F. The van der Waals surface area contributed by atoms with Gasteiger partial charge in [0.2, 0.25) is 0 Å². The fourth-order valence-electron chi connectivity index (χ4n) is 1.25. The summed E-state index contributed by atoms with van der Waals surface area (Å²) in [5.74, 6) is 5.48. The van der Waals surface area contributed by atoms with Crippen LogP contribution in [0.3, 0.4) is 0 Å². The minimum absolute atomic E-state index is 0.172. The minimum atomic E-state index is -0.376. The summed E-state index contributed by atoms with van der Waals surface area (Å²) in [5, 5.41) is 0. The summed E-state index contributed by atoms with van der Waals surface area (Å²) in [7, 11) is 0. The number of hydrogen-bond donors (Lipinski definition) is 1.